The fourth-order valence-corrected chi connectivity index (χ4v) is 2.09. The Labute approximate surface area is 107 Å². The van der Waals surface area contributed by atoms with E-state index in [1.54, 1.807) is 0 Å². The predicted octanol–water partition coefficient (Wildman–Crippen LogP) is 3.39. The molecule has 0 atom stereocenters. The van der Waals surface area contributed by atoms with E-state index in [-0.39, 0.29) is 17.2 Å². The minimum atomic E-state index is -0.369. The van der Waals surface area contributed by atoms with Gasteiger partial charge in [-0.05, 0) is 19.3 Å². The van der Waals surface area contributed by atoms with Crippen LogP contribution in [0.4, 0.5) is 10.2 Å². The Hall–Kier alpha value is -0.900. The largest absolute Gasteiger partial charge is 0.361 e. The zero-order valence-electron chi connectivity index (χ0n) is 10.6. The summed E-state index contributed by atoms with van der Waals surface area (Å²) in [4.78, 5) is 7.87. The molecular weight excluding hydrogens is 241 g/mol. The van der Waals surface area contributed by atoms with E-state index >= 15 is 0 Å². The maximum absolute atomic E-state index is 14.0. The molecule has 0 saturated heterocycles. The molecule has 1 aromatic heterocycles. The van der Waals surface area contributed by atoms with Crippen LogP contribution in [0, 0.1) is 5.82 Å². The van der Waals surface area contributed by atoms with Gasteiger partial charge in [-0.1, -0.05) is 20.8 Å². The molecule has 0 unspecified atom stereocenters. The molecule has 0 bridgehead atoms. The molecule has 0 saturated carbocycles. The van der Waals surface area contributed by atoms with Gasteiger partial charge in [0.15, 0.2) is 11.6 Å². The normalized spacial score (nSPS) is 11.6. The van der Waals surface area contributed by atoms with E-state index in [9.17, 15) is 4.39 Å². The highest BCUT2D eigenvalue weighted by Gasteiger charge is 2.26. The van der Waals surface area contributed by atoms with Crippen molar-refractivity contribution in [3.8, 4) is 0 Å². The molecule has 1 rings (SSSR count). The molecular formula is C12H19ClFN3. The van der Waals surface area contributed by atoms with E-state index in [0.29, 0.717) is 18.0 Å². The number of alkyl halides is 1. The summed E-state index contributed by atoms with van der Waals surface area (Å²) in [5.74, 6) is 0.304. The molecule has 1 aromatic rings. The van der Waals surface area contributed by atoms with Gasteiger partial charge < -0.3 is 5.32 Å². The van der Waals surface area contributed by atoms with E-state index in [2.05, 4.69) is 15.3 Å². The second kappa shape index (κ2) is 6.15. The average molecular weight is 260 g/mol. The van der Waals surface area contributed by atoms with Crippen molar-refractivity contribution in [3.05, 3.63) is 17.8 Å². The van der Waals surface area contributed by atoms with Gasteiger partial charge >= 0.3 is 0 Å². The first-order valence-electron chi connectivity index (χ1n) is 5.96. The minimum Gasteiger partial charge on any atom is -0.361 e. The van der Waals surface area contributed by atoms with Crippen LogP contribution < -0.4 is 5.32 Å². The zero-order valence-corrected chi connectivity index (χ0v) is 11.3. The molecule has 0 aliphatic heterocycles. The number of hydrogen-bond donors (Lipinski definition) is 1. The fourth-order valence-electron chi connectivity index (χ4n) is 1.64. The second-order valence-electron chi connectivity index (χ2n) is 4.08. The maximum atomic E-state index is 14.0. The Morgan fingerprint density at radius 2 is 1.94 bits per heavy atom. The van der Waals surface area contributed by atoms with Crippen LogP contribution >= 0.6 is 11.6 Å². The highest BCUT2D eigenvalue weighted by atomic mass is 35.5. The summed E-state index contributed by atoms with van der Waals surface area (Å²) in [5, 5.41) is 3.13. The number of aromatic nitrogens is 2. The minimum absolute atomic E-state index is 0.251. The third kappa shape index (κ3) is 3.06. The number of nitrogens with one attached hydrogen (secondary N) is 1. The number of halogens is 2. The maximum Gasteiger partial charge on any atom is 0.186 e. The lowest BCUT2D eigenvalue weighted by Crippen LogP contribution is -2.39. The summed E-state index contributed by atoms with van der Waals surface area (Å²) in [5.41, 5.74) is 0.125. The van der Waals surface area contributed by atoms with Gasteiger partial charge in [-0.15, -0.1) is 11.6 Å². The van der Waals surface area contributed by atoms with Crippen molar-refractivity contribution < 1.29 is 4.39 Å². The van der Waals surface area contributed by atoms with Crippen molar-refractivity contribution in [1.82, 2.24) is 9.97 Å². The molecule has 3 nitrogen and oxygen atoms in total. The van der Waals surface area contributed by atoms with Crippen molar-refractivity contribution >= 4 is 17.4 Å². The van der Waals surface area contributed by atoms with Gasteiger partial charge in [0.25, 0.3) is 0 Å². The Morgan fingerprint density at radius 1 is 1.29 bits per heavy atom. The first-order valence-corrected chi connectivity index (χ1v) is 6.49. The molecule has 0 radical (unpaired) electrons. The Balaban J connectivity index is 3.01. The van der Waals surface area contributed by atoms with Gasteiger partial charge in [-0.3, -0.25) is 0 Å². The molecule has 0 spiro atoms. The van der Waals surface area contributed by atoms with Crippen LogP contribution in [0.15, 0.2) is 6.33 Å². The SMILES string of the molecule is CCc1ncnc(NC(CC)(CC)CCl)c1F. The highest BCUT2D eigenvalue weighted by Crippen LogP contribution is 2.24. The van der Waals surface area contributed by atoms with Crippen LogP contribution in [0.2, 0.25) is 0 Å². The summed E-state index contributed by atoms with van der Waals surface area (Å²) in [6.45, 7) is 5.92. The predicted molar refractivity (Wildman–Crippen MR) is 69.0 cm³/mol. The van der Waals surface area contributed by atoms with E-state index < -0.39 is 0 Å². The third-order valence-corrected chi connectivity index (χ3v) is 3.70. The van der Waals surface area contributed by atoms with Gasteiger partial charge in [0.1, 0.15) is 6.33 Å². The Bertz CT molecular complexity index is 359. The summed E-state index contributed by atoms with van der Waals surface area (Å²) < 4.78 is 14.0. The average Bonchev–Trinajstić information content (AvgIpc) is 2.38. The zero-order chi connectivity index (χ0) is 12.9. The summed E-state index contributed by atoms with van der Waals surface area (Å²) >= 11 is 5.97. The molecule has 0 fully saturated rings. The van der Waals surface area contributed by atoms with Gasteiger partial charge in [0.2, 0.25) is 0 Å². The third-order valence-electron chi connectivity index (χ3n) is 3.19. The summed E-state index contributed by atoms with van der Waals surface area (Å²) in [7, 11) is 0. The van der Waals surface area contributed by atoms with E-state index in [1.165, 1.54) is 6.33 Å². The number of rotatable bonds is 6. The van der Waals surface area contributed by atoms with Crippen LogP contribution in [0.3, 0.4) is 0 Å². The number of nitrogens with zero attached hydrogens (tertiary/aromatic N) is 2. The molecule has 5 heteroatoms. The summed E-state index contributed by atoms with van der Waals surface area (Å²) in [6.07, 6.45) is 3.57. The van der Waals surface area contributed by atoms with E-state index in [0.717, 1.165) is 12.8 Å². The standard InChI is InChI=1S/C12H19ClFN3/c1-4-9-10(14)11(16-8-15-9)17-12(5-2,6-3)7-13/h8H,4-7H2,1-3H3,(H,15,16,17). The lowest BCUT2D eigenvalue weighted by Gasteiger charge is -2.31. The van der Waals surface area contributed by atoms with Gasteiger partial charge in [0.05, 0.1) is 11.2 Å². The molecule has 1 N–H and O–H groups in total. The lowest BCUT2D eigenvalue weighted by molar-refractivity contribution is 0.475. The molecule has 0 aliphatic carbocycles. The van der Waals surface area contributed by atoms with Gasteiger partial charge in [-0.25, -0.2) is 14.4 Å². The number of anilines is 1. The molecule has 1 heterocycles. The molecule has 17 heavy (non-hydrogen) atoms. The quantitative estimate of drug-likeness (QED) is 0.796. The van der Waals surface area contributed by atoms with Crippen LogP contribution in [-0.4, -0.2) is 21.4 Å². The molecule has 0 aromatic carbocycles. The van der Waals surface area contributed by atoms with Crippen molar-refractivity contribution in [2.75, 3.05) is 11.2 Å². The van der Waals surface area contributed by atoms with Crippen molar-refractivity contribution in [1.29, 1.82) is 0 Å². The summed E-state index contributed by atoms with van der Waals surface area (Å²) in [6, 6.07) is 0. The first-order chi connectivity index (χ1) is 8.12. The van der Waals surface area contributed by atoms with Gasteiger partial charge in [-0.2, -0.15) is 0 Å². The topological polar surface area (TPSA) is 37.8 Å². The van der Waals surface area contributed by atoms with Gasteiger partial charge in [0, 0.05) is 5.88 Å². The van der Waals surface area contributed by atoms with E-state index in [1.807, 2.05) is 20.8 Å². The fraction of sp³-hybridized carbons (Fsp3) is 0.667. The molecule has 0 aliphatic rings. The number of aryl methyl sites for hydroxylation is 1. The monoisotopic (exact) mass is 259 g/mol. The van der Waals surface area contributed by atoms with Crippen molar-refractivity contribution in [3.63, 3.8) is 0 Å². The Morgan fingerprint density at radius 3 is 2.41 bits per heavy atom. The Kier molecular flexibility index (Phi) is 5.12. The first kappa shape index (κ1) is 14.2. The van der Waals surface area contributed by atoms with Crippen molar-refractivity contribution in [2.24, 2.45) is 0 Å². The number of hydrogen-bond acceptors (Lipinski definition) is 3. The van der Waals surface area contributed by atoms with E-state index in [4.69, 9.17) is 11.6 Å². The van der Waals surface area contributed by atoms with Crippen LogP contribution in [0.25, 0.3) is 0 Å². The van der Waals surface area contributed by atoms with Crippen LogP contribution in [-0.2, 0) is 6.42 Å². The second-order valence-corrected chi connectivity index (χ2v) is 4.35. The van der Waals surface area contributed by atoms with Crippen molar-refractivity contribution in [2.45, 2.75) is 45.6 Å². The smallest absolute Gasteiger partial charge is 0.186 e. The van der Waals surface area contributed by atoms with Crippen LogP contribution in [0.5, 0.6) is 0 Å². The lowest BCUT2D eigenvalue weighted by atomic mass is 9.95. The molecule has 0 amide bonds. The van der Waals surface area contributed by atoms with Crippen LogP contribution in [0.1, 0.15) is 39.3 Å². The highest BCUT2D eigenvalue weighted by molar-refractivity contribution is 6.18. The molecule has 96 valence electrons.